The Hall–Kier alpha value is -1.86. The van der Waals surface area contributed by atoms with Crippen LogP contribution in [0.3, 0.4) is 0 Å². The van der Waals surface area contributed by atoms with Crippen LogP contribution in [-0.4, -0.2) is 27.7 Å². The van der Waals surface area contributed by atoms with Gasteiger partial charge in [0.25, 0.3) is 0 Å². The van der Waals surface area contributed by atoms with E-state index >= 15 is 0 Å². The molecule has 21 heavy (non-hydrogen) atoms. The van der Waals surface area contributed by atoms with Crippen LogP contribution in [0, 0.1) is 0 Å². The average Bonchev–Trinajstić information content (AvgIpc) is 2.48. The van der Waals surface area contributed by atoms with E-state index in [-0.39, 0.29) is 17.2 Å². The van der Waals surface area contributed by atoms with Crippen LogP contribution < -0.4 is 5.32 Å². The minimum absolute atomic E-state index is 0.0906. The molecule has 1 heterocycles. The number of carbonyl (C=O) groups is 2. The van der Waals surface area contributed by atoms with E-state index in [2.05, 4.69) is 26.2 Å². The van der Waals surface area contributed by atoms with Gasteiger partial charge in [0, 0.05) is 16.4 Å². The van der Waals surface area contributed by atoms with E-state index < -0.39 is 5.97 Å². The Morgan fingerprint density at radius 3 is 2.62 bits per heavy atom. The van der Waals surface area contributed by atoms with Crippen LogP contribution in [0.5, 0.6) is 0 Å². The van der Waals surface area contributed by atoms with Gasteiger partial charge in [-0.2, -0.15) is 0 Å². The average molecular weight is 367 g/mol. The molecule has 2 N–H and O–H groups in total. The van der Waals surface area contributed by atoms with Crippen LogP contribution in [0.4, 0.5) is 5.69 Å². The fraction of sp³-hybridized carbons (Fsp3) is 0.0714. The highest BCUT2D eigenvalue weighted by molar-refractivity contribution is 9.10. The van der Waals surface area contributed by atoms with E-state index in [9.17, 15) is 9.59 Å². The Kier molecular flexibility index (Phi) is 5.35. The van der Waals surface area contributed by atoms with E-state index in [4.69, 9.17) is 5.11 Å². The van der Waals surface area contributed by atoms with Crippen molar-refractivity contribution in [2.75, 3.05) is 11.1 Å². The van der Waals surface area contributed by atoms with Gasteiger partial charge in [-0.3, -0.25) is 4.79 Å². The second-order valence-corrected chi connectivity index (χ2v) is 5.88. The SMILES string of the molecule is O=C(CSc1ncccc1C(=O)O)Nc1ccc(Br)cc1. The lowest BCUT2D eigenvalue weighted by atomic mass is 10.3. The molecule has 0 saturated carbocycles. The molecule has 5 nitrogen and oxygen atoms in total. The molecule has 1 aromatic carbocycles. The summed E-state index contributed by atoms with van der Waals surface area (Å²) in [6.07, 6.45) is 1.50. The third-order valence-electron chi connectivity index (χ3n) is 2.47. The van der Waals surface area contributed by atoms with Gasteiger partial charge in [0.05, 0.1) is 11.3 Å². The maximum Gasteiger partial charge on any atom is 0.338 e. The number of carboxylic acid groups (broad SMARTS) is 1. The molecule has 0 aliphatic carbocycles. The van der Waals surface area contributed by atoms with Crippen molar-refractivity contribution in [3.63, 3.8) is 0 Å². The summed E-state index contributed by atoms with van der Waals surface area (Å²) >= 11 is 4.41. The quantitative estimate of drug-likeness (QED) is 0.793. The smallest absolute Gasteiger partial charge is 0.338 e. The third kappa shape index (κ3) is 4.57. The van der Waals surface area contributed by atoms with Crippen molar-refractivity contribution in [1.82, 2.24) is 4.98 Å². The van der Waals surface area contributed by atoms with E-state index in [1.807, 2.05) is 12.1 Å². The molecule has 1 amide bonds. The summed E-state index contributed by atoms with van der Waals surface area (Å²) in [5.74, 6) is -1.18. The third-order valence-corrected chi connectivity index (χ3v) is 4.00. The lowest BCUT2D eigenvalue weighted by Crippen LogP contribution is -2.14. The fourth-order valence-electron chi connectivity index (χ4n) is 1.53. The van der Waals surface area contributed by atoms with Gasteiger partial charge in [-0.25, -0.2) is 9.78 Å². The van der Waals surface area contributed by atoms with Crippen molar-refractivity contribution < 1.29 is 14.7 Å². The molecule has 0 atom stereocenters. The Morgan fingerprint density at radius 2 is 1.95 bits per heavy atom. The molecule has 0 spiro atoms. The topological polar surface area (TPSA) is 79.3 Å². The molecule has 1 aromatic heterocycles. The molecule has 0 unspecified atom stereocenters. The zero-order chi connectivity index (χ0) is 15.2. The van der Waals surface area contributed by atoms with E-state index in [1.54, 1.807) is 18.2 Å². The second kappa shape index (κ2) is 7.24. The molecular weight excluding hydrogens is 356 g/mol. The van der Waals surface area contributed by atoms with Gasteiger partial charge < -0.3 is 10.4 Å². The Balaban J connectivity index is 1.95. The summed E-state index contributed by atoms with van der Waals surface area (Å²) in [6.45, 7) is 0. The van der Waals surface area contributed by atoms with Crippen LogP contribution in [0.2, 0.25) is 0 Å². The number of thioether (sulfide) groups is 1. The predicted octanol–water partition coefficient (Wildman–Crippen LogP) is 3.27. The van der Waals surface area contributed by atoms with Gasteiger partial charge in [-0.15, -0.1) is 0 Å². The van der Waals surface area contributed by atoms with E-state index in [0.717, 1.165) is 16.2 Å². The molecule has 0 aliphatic heterocycles. The largest absolute Gasteiger partial charge is 0.478 e. The summed E-state index contributed by atoms with van der Waals surface area (Å²) in [4.78, 5) is 26.9. The molecule has 0 fully saturated rings. The van der Waals surface area contributed by atoms with Crippen LogP contribution in [0.15, 0.2) is 52.1 Å². The van der Waals surface area contributed by atoms with Crippen molar-refractivity contribution in [3.8, 4) is 0 Å². The number of aromatic nitrogens is 1. The molecule has 0 saturated heterocycles. The number of hydrogen-bond donors (Lipinski definition) is 2. The monoisotopic (exact) mass is 366 g/mol. The first-order valence-electron chi connectivity index (χ1n) is 5.93. The van der Waals surface area contributed by atoms with Crippen LogP contribution in [0.1, 0.15) is 10.4 Å². The first kappa shape index (κ1) is 15.5. The van der Waals surface area contributed by atoms with Crippen LogP contribution >= 0.6 is 27.7 Å². The normalized spacial score (nSPS) is 10.1. The maximum absolute atomic E-state index is 11.8. The number of aromatic carboxylic acids is 1. The lowest BCUT2D eigenvalue weighted by Gasteiger charge is -2.06. The van der Waals surface area contributed by atoms with Gasteiger partial charge in [-0.1, -0.05) is 27.7 Å². The van der Waals surface area contributed by atoms with Gasteiger partial charge in [0.1, 0.15) is 5.03 Å². The highest BCUT2D eigenvalue weighted by Crippen LogP contribution is 2.20. The number of hydrogen-bond acceptors (Lipinski definition) is 4. The molecule has 108 valence electrons. The van der Waals surface area contributed by atoms with Crippen molar-refractivity contribution in [2.45, 2.75) is 5.03 Å². The van der Waals surface area contributed by atoms with Gasteiger partial charge in [0.2, 0.25) is 5.91 Å². The van der Waals surface area contributed by atoms with Crippen molar-refractivity contribution in [3.05, 3.63) is 52.6 Å². The zero-order valence-electron chi connectivity index (χ0n) is 10.7. The number of pyridine rings is 1. The maximum atomic E-state index is 11.8. The number of halogens is 1. The van der Waals surface area contributed by atoms with E-state index in [1.165, 1.54) is 12.3 Å². The Labute approximate surface area is 133 Å². The number of carbonyl (C=O) groups excluding carboxylic acids is 1. The van der Waals surface area contributed by atoms with Crippen molar-refractivity contribution in [2.24, 2.45) is 0 Å². The summed E-state index contributed by atoms with van der Waals surface area (Å²) in [6, 6.07) is 10.2. The summed E-state index contributed by atoms with van der Waals surface area (Å²) in [7, 11) is 0. The molecule has 0 bridgehead atoms. The zero-order valence-corrected chi connectivity index (χ0v) is 13.1. The standard InChI is InChI=1S/C14H11BrN2O3S/c15-9-3-5-10(6-4-9)17-12(18)8-21-13-11(14(19)20)2-1-7-16-13/h1-7H,8H2,(H,17,18)(H,19,20). The van der Waals surface area contributed by atoms with Gasteiger partial charge in [-0.05, 0) is 36.4 Å². The molecular formula is C14H11BrN2O3S. The number of benzene rings is 1. The Morgan fingerprint density at radius 1 is 1.24 bits per heavy atom. The highest BCUT2D eigenvalue weighted by Gasteiger charge is 2.12. The minimum atomic E-state index is -1.06. The van der Waals surface area contributed by atoms with Gasteiger partial charge >= 0.3 is 5.97 Å². The van der Waals surface area contributed by atoms with Crippen molar-refractivity contribution >= 4 is 45.3 Å². The number of anilines is 1. The van der Waals surface area contributed by atoms with Gasteiger partial charge in [0.15, 0.2) is 0 Å². The molecule has 2 rings (SSSR count). The molecule has 7 heteroatoms. The number of nitrogens with zero attached hydrogens (tertiary/aromatic N) is 1. The molecule has 2 aromatic rings. The summed E-state index contributed by atoms with van der Waals surface area (Å²) in [5.41, 5.74) is 0.780. The predicted molar refractivity (Wildman–Crippen MR) is 84.7 cm³/mol. The van der Waals surface area contributed by atoms with Crippen LogP contribution in [0.25, 0.3) is 0 Å². The summed E-state index contributed by atoms with van der Waals surface area (Å²) < 4.78 is 0.925. The number of carboxylic acids is 1. The second-order valence-electron chi connectivity index (χ2n) is 4.01. The fourth-order valence-corrected chi connectivity index (χ4v) is 2.58. The first-order chi connectivity index (χ1) is 10.1. The molecule has 0 aliphatic rings. The summed E-state index contributed by atoms with van der Waals surface area (Å²) in [5, 5.41) is 12.1. The molecule has 0 radical (unpaired) electrons. The lowest BCUT2D eigenvalue weighted by molar-refractivity contribution is -0.113. The number of amides is 1. The highest BCUT2D eigenvalue weighted by atomic mass is 79.9. The first-order valence-corrected chi connectivity index (χ1v) is 7.70. The van der Waals surface area contributed by atoms with E-state index in [0.29, 0.717) is 10.7 Å². The number of nitrogens with one attached hydrogen (secondary N) is 1. The number of rotatable bonds is 5. The van der Waals surface area contributed by atoms with Crippen molar-refractivity contribution in [1.29, 1.82) is 0 Å². The minimum Gasteiger partial charge on any atom is -0.478 e. The van der Waals surface area contributed by atoms with Crippen LogP contribution in [-0.2, 0) is 4.79 Å². The Bertz CT molecular complexity index is 662.